The number of aromatic hydroxyl groups is 1. The largest absolute Gasteiger partial charge is 0.508 e. The number of nitrogens with two attached hydrogens (primary N) is 1. The van der Waals surface area contributed by atoms with Crippen molar-refractivity contribution in [3.63, 3.8) is 0 Å². The van der Waals surface area contributed by atoms with Gasteiger partial charge in [0.05, 0.1) is 5.84 Å². The van der Waals surface area contributed by atoms with Gasteiger partial charge in [-0.15, -0.1) is 0 Å². The Balaban J connectivity index is 2.40. The minimum absolute atomic E-state index is 0.215. The van der Waals surface area contributed by atoms with Crippen LogP contribution >= 0.6 is 0 Å². The van der Waals surface area contributed by atoms with Gasteiger partial charge in [0, 0.05) is 19.5 Å². The molecule has 0 aliphatic rings. The van der Waals surface area contributed by atoms with Crippen LogP contribution in [0.5, 0.6) is 5.75 Å². The summed E-state index contributed by atoms with van der Waals surface area (Å²) in [4.78, 5) is 2.09. The van der Waals surface area contributed by atoms with Crippen molar-refractivity contribution in [1.29, 1.82) is 5.41 Å². The Kier molecular flexibility index (Phi) is 4.12. The number of rotatable bonds is 5. The number of hydrogen-bond acceptors (Lipinski definition) is 3. The highest BCUT2D eigenvalue weighted by Gasteiger charge is 2.01. The Morgan fingerprint density at radius 3 is 2.53 bits per heavy atom. The van der Waals surface area contributed by atoms with E-state index in [1.807, 2.05) is 19.2 Å². The molecule has 82 valence electrons. The van der Waals surface area contributed by atoms with Crippen molar-refractivity contribution < 1.29 is 5.11 Å². The van der Waals surface area contributed by atoms with E-state index in [0.717, 1.165) is 18.7 Å². The summed E-state index contributed by atoms with van der Waals surface area (Å²) in [6, 6.07) is 7.13. The van der Waals surface area contributed by atoms with Gasteiger partial charge in [-0.3, -0.25) is 5.41 Å². The average molecular weight is 207 g/mol. The molecule has 15 heavy (non-hydrogen) atoms. The molecule has 0 aromatic heterocycles. The lowest BCUT2D eigenvalue weighted by Crippen LogP contribution is -2.23. The number of hydrogen-bond donors (Lipinski definition) is 3. The zero-order valence-electron chi connectivity index (χ0n) is 8.90. The summed E-state index contributed by atoms with van der Waals surface area (Å²) in [7, 11) is 1.98. The van der Waals surface area contributed by atoms with Gasteiger partial charge in [0.2, 0.25) is 0 Å². The lowest BCUT2D eigenvalue weighted by atomic mass is 10.2. The van der Waals surface area contributed by atoms with Crippen molar-refractivity contribution in [3.05, 3.63) is 29.8 Å². The van der Waals surface area contributed by atoms with E-state index in [1.165, 1.54) is 0 Å². The molecule has 0 fully saturated rings. The second-order valence-corrected chi connectivity index (χ2v) is 3.68. The van der Waals surface area contributed by atoms with Crippen LogP contribution in [0.15, 0.2) is 24.3 Å². The van der Waals surface area contributed by atoms with Crippen molar-refractivity contribution in [2.45, 2.75) is 13.0 Å². The summed E-state index contributed by atoms with van der Waals surface area (Å²) in [5, 5.41) is 16.2. The number of benzene rings is 1. The predicted molar refractivity (Wildman–Crippen MR) is 61.0 cm³/mol. The molecule has 0 radical (unpaired) electrons. The normalized spacial score (nSPS) is 10.5. The Morgan fingerprint density at radius 1 is 1.40 bits per heavy atom. The predicted octanol–water partition coefficient (Wildman–Crippen LogP) is 1.15. The second kappa shape index (κ2) is 5.36. The van der Waals surface area contributed by atoms with Crippen LogP contribution < -0.4 is 5.73 Å². The molecular weight excluding hydrogens is 190 g/mol. The molecule has 0 aliphatic heterocycles. The summed E-state index contributed by atoms with van der Waals surface area (Å²) in [6.07, 6.45) is 0.592. The average Bonchev–Trinajstić information content (AvgIpc) is 2.19. The summed E-state index contributed by atoms with van der Waals surface area (Å²) < 4.78 is 0. The van der Waals surface area contributed by atoms with Gasteiger partial charge in [-0.1, -0.05) is 12.1 Å². The highest BCUT2D eigenvalue weighted by molar-refractivity contribution is 5.76. The standard InChI is InChI=1S/C11H17N3O/c1-14(7-6-11(12)13)8-9-2-4-10(15)5-3-9/h2-5,15H,6-8H2,1H3,(H3,12,13). The zero-order chi connectivity index (χ0) is 11.3. The van der Waals surface area contributed by atoms with Gasteiger partial charge in [-0.25, -0.2) is 0 Å². The smallest absolute Gasteiger partial charge is 0.115 e. The molecular formula is C11H17N3O. The van der Waals surface area contributed by atoms with Crippen LogP contribution in [0.4, 0.5) is 0 Å². The molecule has 0 unspecified atom stereocenters. The molecule has 0 aliphatic carbocycles. The van der Waals surface area contributed by atoms with E-state index in [9.17, 15) is 0 Å². The molecule has 0 atom stereocenters. The second-order valence-electron chi connectivity index (χ2n) is 3.68. The fourth-order valence-electron chi connectivity index (χ4n) is 1.30. The van der Waals surface area contributed by atoms with Crippen LogP contribution in [0, 0.1) is 5.41 Å². The molecule has 4 nitrogen and oxygen atoms in total. The summed E-state index contributed by atoms with van der Waals surface area (Å²) in [6.45, 7) is 1.57. The van der Waals surface area contributed by atoms with Crippen molar-refractivity contribution in [2.75, 3.05) is 13.6 Å². The van der Waals surface area contributed by atoms with Crippen molar-refractivity contribution in [3.8, 4) is 5.75 Å². The third-order valence-electron chi connectivity index (χ3n) is 2.15. The summed E-state index contributed by atoms with van der Waals surface area (Å²) >= 11 is 0. The maximum atomic E-state index is 9.11. The van der Waals surface area contributed by atoms with Gasteiger partial charge >= 0.3 is 0 Å². The number of amidine groups is 1. The topological polar surface area (TPSA) is 73.3 Å². The van der Waals surface area contributed by atoms with Gasteiger partial charge in [0.15, 0.2) is 0 Å². The quantitative estimate of drug-likeness (QED) is 0.501. The SMILES string of the molecule is CN(CCC(=N)N)Cc1ccc(O)cc1. The van der Waals surface area contributed by atoms with E-state index in [1.54, 1.807) is 12.1 Å². The van der Waals surface area contributed by atoms with Crippen LogP contribution in [-0.4, -0.2) is 29.4 Å². The number of nitrogens with one attached hydrogen (secondary N) is 1. The first-order valence-electron chi connectivity index (χ1n) is 4.87. The molecule has 0 amide bonds. The van der Waals surface area contributed by atoms with E-state index in [2.05, 4.69) is 4.90 Å². The van der Waals surface area contributed by atoms with Crippen LogP contribution in [0.1, 0.15) is 12.0 Å². The van der Waals surface area contributed by atoms with Crippen molar-refractivity contribution >= 4 is 5.84 Å². The summed E-state index contributed by atoms with van der Waals surface area (Å²) in [5.74, 6) is 0.498. The summed E-state index contributed by atoms with van der Waals surface area (Å²) in [5.41, 5.74) is 6.42. The molecule has 0 saturated heterocycles. The lowest BCUT2D eigenvalue weighted by Gasteiger charge is -2.16. The fourth-order valence-corrected chi connectivity index (χ4v) is 1.30. The fraction of sp³-hybridized carbons (Fsp3) is 0.364. The van der Waals surface area contributed by atoms with Crippen LogP contribution in [0.25, 0.3) is 0 Å². The minimum atomic E-state index is 0.215. The van der Waals surface area contributed by atoms with Gasteiger partial charge < -0.3 is 15.7 Å². The number of phenolic OH excluding ortho intramolecular Hbond substituents is 1. The number of phenols is 1. The Morgan fingerprint density at radius 2 is 2.00 bits per heavy atom. The number of nitrogens with zero attached hydrogens (tertiary/aromatic N) is 1. The first-order chi connectivity index (χ1) is 7.08. The maximum absolute atomic E-state index is 9.11. The van der Waals surface area contributed by atoms with Crippen LogP contribution in [0.2, 0.25) is 0 Å². The third-order valence-corrected chi connectivity index (χ3v) is 2.15. The molecule has 0 bridgehead atoms. The monoisotopic (exact) mass is 207 g/mol. The van der Waals surface area contributed by atoms with E-state index >= 15 is 0 Å². The molecule has 1 rings (SSSR count). The lowest BCUT2D eigenvalue weighted by molar-refractivity contribution is 0.336. The van der Waals surface area contributed by atoms with Crippen LogP contribution in [0.3, 0.4) is 0 Å². The molecule has 0 spiro atoms. The van der Waals surface area contributed by atoms with E-state index in [0.29, 0.717) is 6.42 Å². The van der Waals surface area contributed by atoms with Crippen molar-refractivity contribution in [2.24, 2.45) is 5.73 Å². The van der Waals surface area contributed by atoms with E-state index < -0.39 is 0 Å². The van der Waals surface area contributed by atoms with Crippen LogP contribution in [-0.2, 0) is 6.54 Å². The van der Waals surface area contributed by atoms with Gasteiger partial charge in [-0.05, 0) is 24.7 Å². The first-order valence-corrected chi connectivity index (χ1v) is 4.87. The third kappa shape index (κ3) is 4.46. The zero-order valence-corrected chi connectivity index (χ0v) is 8.90. The molecule has 0 heterocycles. The van der Waals surface area contributed by atoms with Gasteiger partial charge in [-0.2, -0.15) is 0 Å². The maximum Gasteiger partial charge on any atom is 0.115 e. The molecule has 4 heteroatoms. The molecule has 1 aromatic rings. The highest BCUT2D eigenvalue weighted by Crippen LogP contribution is 2.10. The Labute approximate surface area is 89.8 Å². The molecule has 4 N–H and O–H groups in total. The van der Waals surface area contributed by atoms with Crippen molar-refractivity contribution in [1.82, 2.24) is 4.90 Å². The van der Waals surface area contributed by atoms with Gasteiger partial charge in [0.25, 0.3) is 0 Å². The highest BCUT2D eigenvalue weighted by atomic mass is 16.3. The molecule has 1 aromatic carbocycles. The van der Waals surface area contributed by atoms with Gasteiger partial charge in [0.1, 0.15) is 5.75 Å². The van der Waals surface area contributed by atoms with E-state index in [4.69, 9.17) is 16.2 Å². The minimum Gasteiger partial charge on any atom is -0.508 e. The molecule has 0 saturated carbocycles. The first kappa shape index (κ1) is 11.5. The van der Waals surface area contributed by atoms with E-state index in [-0.39, 0.29) is 11.6 Å². The Hall–Kier alpha value is -1.55. The Bertz CT molecular complexity index is 321.